The molecule has 0 radical (unpaired) electrons. The fraction of sp³-hybridized carbons (Fsp3) is 0.625. The van der Waals surface area contributed by atoms with Crippen molar-refractivity contribution in [2.24, 2.45) is 0 Å². The van der Waals surface area contributed by atoms with Crippen LogP contribution in [0.3, 0.4) is 0 Å². The highest BCUT2D eigenvalue weighted by molar-refractivity contribution is 5.23. The van der Waals surface area contributed by atoms with Crippen molar-refractivity contribution in [1.29, 1.82) is 0 Å². The summed E-state index contributed by atoms with van der Waals surface area (Å²) in [6, 6.07) is 2.13. The Kier molecular flexibility index (Phi) is 5.17. The first-order chi connectivity index (χ1) is 9.97. The molecule has 0 saturated heterocycles. The summed E-state index contributed by atoms with van der Waals surface area (Å²) in [5.41, 5.74) is 6.06. The van der Waals surface area contributed by atoms with E-state index in [1.165, 1.54) is 17.0 Å². The summed E-state index contributed by atoms with van der Waals surface area (Å²) in [6.07, 6.45) is 2.26. The summed E-state index contributed by atoms with van der Waals surface area (Å²) in [4.78, 5) is 2.38. The van der Waals surface area contributed by atoms with E-state index in [2.05, 4.69) is 58.8 Å². The smallest absolute Gasteiger partial charge is 0.0625 e. The van der Waals surface area contributed by atoms with Crippen LogP contribution in [0.5, 0.6) is 0 Å². The van der Waals surface area contributed by atoms with Gasteiger partial charge in [-0.15, -0.1) is 0 Å². The SMILES string of the molecule is Cc1cc(C)n(CCN(C)CCCc2c(C)n[nH]c2C)n1. The van der Waals surface area contributed by atoms with Gasteiger partial charge in [0.1, 0.15) is 0 Å². The van der Waals surface area contributed by atoms with E-state index in [1.54, 1.807) is 0 Å². The number of nitrogens with zero attached hydrogens (tertiary/aromatic N) is 4. The van der Waals surface area contributed by atoms with Gasteiger partial charge < -0.3 is 4.90 Å². The number of hydrogen-bond donors (Lipinski definition) is 1. The van der Waals surface area contributed by atoms with Crippen molar-refractivity contribution < 1.29 is 0 Å². The molecule has 1 N–H and O–H groups in total. The molecule has 2 rings (SSSR count). The predicted octanol–water partition coefficient (Wildman–Crippen LogP) is 2.40. The Bertz CT molecular complexity index is 562. The van der Waals surface area contributed by atoms with Gasteiger partial charge >= 0.3 is 0 Å². The molecule has 0 aromatic carbocycles. The fourth-order valence-electron chi connectivity index (χ4n) is 2.75. The first kappa shape index (κ1) is 15.8. The highest BCUT2D eigenvalue weighted by atomic mass is 15.3. The van der Waals surface area contributed by atoms with Gasteiger partial charge in [-0.25, -0.2) is 0 Å². The van der Waals surface area contributed by atoms with Crippen molar-refractivity contribution >= 4 is 0 Å². The fourth-order valence-corrected chi connectivity index (χ4v) is 2.75. The van der Waals surface area contributed by atoms with E-state index >= 15 is 0 Å². The molecule has 0 aliphatic heterocycles. The maximum absolute atomic E-state index is 4.50. The molecule has 0 atom stereocenters. The second kappa shape index (κ2) is 6.89. The van der Waals surface area contributed by atoms with Crippen LogP contribution in [-0.4, -0.2) is 45.0 Å². The van der Waals surface area contributed by atoms with Crippen LogP contribution in [0.15, 0.2) is 6.07 Å². The van der Waals surface area contributed by atoms with Crippen molar-refractivity contribution in [2.75, 3.05) is 20.1 Å². The largest absolute Gasteiger partial charge is 0.305 e. The van der Waals surface area contributed by atoms with E-state index in [4.69, 9.17) is 0 Å². The van der Waals surface area contributed by atoms with Gasteiger partial charge in [0, 0.05) is 17.9 Å². The topological polar surface area (TPSA) is 49.7 Å². The highest BCUT2D eigenvalue weighted by Gasteiger charge is 2.07. The molecule has 0 unspecified atom stereocenters. The molecule has 0 aliphatic carbocycles. The number of hydrogen-bond acceptors (Lipinski definition) is 3. The number of nitrogens with one attached hydrogen (secondary N) is 1. The number of likely N-dealkylation sites (N-methyl/N-ethyl adjacent to an activating group) is 1. The lowest BCUT2D eigenvalue weighted by atomic mass is 10.1. The second-order valence-corrected chi connectivity index (χ2v) is 5.97. The third-order valence-electron chi connectivity index (χ3n) is 4.04. The van der Waals surface area contributed by atoms with Gasteiger partial charge in [0.2, 0.25) is 0 Å². The molecule has 21 heavy (non-hydrogen) atoms. The molecular formula is C16H27N5. The maximum atomic E-state index is 4.50. The molecule has 0 saturated carbocycles. The average Bonchev–Trinajstić information content (AvgIpc) is 2.91. The highest BCUT2D eigenvalue weighted by Crippen LogP contribution is 2.12. The minimum Gasteiger partial charge on any atom is -0.305 e. The minimum atomic E-state index is 0.958. The van der Waals surface area contributed by atoms with Crippen LogP contribution in [0.1, 0.15) is 34.8 Å². The van der Waals surface area contributed by atoms with Gasteiger partial charge in [-0.3, -0.25) is 9.78 Å². The number of rotatable bonds is 7. The lowest BCUT2D eigenvalue weighted by Gasteiger charge is -2.17. The van der Waals surface area contributed by atoms with Crippen molar-refractivity contribution in [1.82, 2.24) is 24.9 Å². The summed E-state index contributed by atoms with van der Waals surface area (Å²) in [5.74, 6) is 0. The normalized spacial score (nSPS) is 11.5. The molecule has 2 aromatic heterocycles. The van der Waals surface area contributed by atoms with Gasteiger partial charge in [-0.2, -0.15) is 10.2 Å². The molecule has 0 bridgehead atoms. The lowest BCUT2D eigenvalue weighted by Crippen LogP contribution is -2.25. The number of H-pyrrole nitrogens is 1. The van der Waals surface area contributed by atoms with Crippen molar-refractivity contribution in [3.05, 3.63) is 34.4 Å². The van der Waals surface area contributed by atoms with Gasteiger partial charge in [0.15, 0.2) is 0 Å². The van der Waals surface area contributed by atoms with Crippen LogP contribution in [0.4, 0.5) is 0 Å². The van der Waals surface area contributed by atoms with E-state index in [0.717, 1.165) is 43.9 Å². The first-order valence-electron chi connectivity index (χ1n) is 7.67. The molecule has 2 aromatic rings. The maximum Gasteiger partial charge on any atom is 0.0625 e. The van der Waals surface area contributed by atoms with Crippen molar-refractivity contribution in [3.63, 3.8) is 0 Å². The van der Waals surface area contributed by atoms with E-state index < -0.39 is 0 Å². The zero-order chi connectivity index (χ0) is 15.4. The minimum absolute atomic E-state index is 0.958. The number of aromatic amines is 1. The molecule has 0 fully saturated rings. The molecule has 5 heteroatoms. The van der Waals surface area contributed by atoms with Crippen LogP contribution < -0.4 is 0 Å². The van der Waals surface area contributed by atoms with E-state index in [0.29, 0.717) is 0 Å². The van der Waals surface area contributed by atoms with E-state index in [9.17, 15) is 0 Å². The standard InChI is InChI=1S/C16H27N5/c1-12-11-13(2)21(19-12)10-9-20(5)8-6-7-16-14(3)17-18-15(16)4/h11H,6-10H2,1-5H3,(H,17,18). The Balaban J connectivity index is 1.73. The molecule has 0 spiro atoms. The van der Waals surface area contributed by atoms with Gasteiger partial charge in [0.25, 0.3) is 0 Å². The monoisotopic (exact) mass is 289 g/mol. The van der Waals surface area contributed by atoms with Crippen molar-refractivity contribution in [3.8, 4) is 0 Å². The Hall–Kier alpha value is -1.62. The van der Waals surface area contributed by atoms with Gasteiger partial charge in [-0.1, -0.05) is 0 Å². The van der Waals surface area contributed by atoms with Crippen LogP contribution >= 0.6 is 0 Å². The third-order valence-corrected chi connectivity index (χ3v) is 4.04. The zero-order valence-electron chi connectivity index (χ0n) is 13.9. The molecule has 0 aliphatic rings. The van der Waals surface area contributed by atoms with Crippen molar-refractivity contribution in [2.45, 2.75) is 47.1 Å². The van der Waals surface area contributed by atoms with E-state index in [1.807, 2.05) is 6.92 Å². The van der Waals surface area contributed by atoms with E-state index in [-0.39, 0.29) is 0 Å². The van der Waals surface area contributed by atoms with Crippen LogP contribution in [0, 0.1) is 27.7 Å². The Labute approximate surface area is 127 Å². The molecule has 0 amide bonds. The Morgan fingerprint density at radius 2 is 1.95 bits per heavy atom. The van der Waals surface area contributed by atoms with Gasteiger partial charge in [-0.05, 0) is 65.8 Å². The molecular weight excluding hydrogens is 262 g/mol. The lowest BCUT2D eigenvalue weighted by molar-refractivity contribution is 0.307. The Morgan fingerprint density at radius 3 is 2.52 bits per heavy atom. The third kappa shape index (κ3) is 4.17. The molecule has 2 heterocycles. The summed E-state index contributed by atoms with van der Waals surface area (Å²) in [5, 5.41) is 11.8. The number of aryl methyl sites for hydroxylation is 4. The van der Waals surface area contributed by atoms with Crippen LogP contribution in [-0.2, 0) is 13.0 Å². The second-order valence-electron chi connectivity index (χ2n) is 5.97. The average molecular weight is 289 g/mol. The zero-order valence-corrected chi connectivity index (χ0v) is 13.9. The van der Waals surface area contributed by atoms with Gasteiger partial charge in [0.05, 0.1) is 17.9 Å². The van der Waals surface area contributed by atoms with Crippen LogP contribution in [0.2, 0.25) is 0 Å². The summed E-state index contributed by atoms with van der Waals surface area (Å²) < 4.78 is 2.09. The summed E-state index contributed by atoms with van der Waals surface area (Å²) >= 11 is 0. The molecule has 5 nitrogen and oxygen atoms in total. The summed E-state index contributed by atoms with van der Waals surface area (Å²) in [7, 11) is 2.18. The first-order valence-corrected chi connectivity index (χ1v) is 7.67. The summed E-state index contributed by atoms with van der Waals surface area (Å²) in [6.45, 7) is 11.4. The Morgan fingerprint density at radius 1 is 1.19 bits per heavy atom. The van der Waals surface area contributed by atoms with Crippen LogP contribution in [0.25, 0.3) is 0 Å². The predicted molar refractivity (Wildman–Crippen MR) is 85.6 cm³/mol. The quantitative estimate of drug-likeness (QED) is 0.851. The number of aromatic nitrogens is 4. The molecule has 116 valence electrons.